The standard InChI is InChI=1S/C23H15ClF6N6O2/c1-11-6-19(20-33-16-8-14(22(25,26)27)15(24)9-17(16)34-20)35(10-11)21(37)13-7-12(38-23(28,29)30)2-3-18(13)36-31-4-5-32-36/h2-5,7-9,19H,1,6,10H2,(H,33,34). The van der Waals surface area contributed by atoms with E-state index in [1.54, 1.807) is 0 Å². The molecule has 2 aromatic heterocycles. The van der Waals surface area contributed by atoms with E-state index in [0.29, 0.717) is 5.57 Å². The van der Waals surface area contributed by atoms with Gasteiger partial charge in [-0.05, 0) is 36.8 Å². The number of rotatable bonds is 4. The Bertz CT molecular complexity index is 1550. The van der Waals surface area contributed by atoms with Crippen LogP contribution < -0.4 is 4.74 Å². The topological polar surface area (TPSA) is 88.9 Å². The van der Waals surface area contributed by atoms with Crippen LogP contribution in [0.4, 0.5) is 26.3 Å². The Hall–Kier alpha value is -4.07. The van der Waals surface area contributed by atoms with Crippen LogP contribution in [0, 0.1) is 0 Å². The Morgan fingerprint density at radius 2 is 1.82 bits per heavy atom. The zero-order valence-corrected chi connectivity index (χ0v) is 19.7. The van der Waals surface area contributed by atoms with Crippen LogP contribution in [0.1, 0.15) is 34.2 Å². The summed E-state index contributed by atoms with van der Waals surface area (Å²) in [6.07, 6.45) is -6.84. The van der Waals surface area contributed by atoms with E-state index in [0.717, 1.165) is 29.1 Å². The van der Waals surface area contributed by atoms with Crippen molar-refractivity contribution < 1.29 is 35.9 Å². The average Bonchev–Trinajstić information content (AvgIpc) is 3.55. The maximum atomic E-state index is 13.7. The second-order valence-corrected chi connectivity index (χ2v) is 8.82. The van der Waals surface area contributed by atoms with Crippen LogP contribution in [0.2, 0.25) is 5.02 Å². The van der Waals surface area contributed by atoms with Crippen LogP contribution in [0.25, 0.3) is 16.7 Å². The van der Waals surface area contributed by atoms with Gasteiger partial charge >= 0.3 is 12.5 Å². The minimum atomic E-state index is -5.00. The number of imidazole rings is 1. The van der Waals surface area contributed by atoms with E-state index in [1.165, 1.54) is 23.4 Å². The summed E-state index contributed by atoms with van der Waals surface area (Å²) in [6.45, 7) is 3.92. The van der Waals surface area contributed by atoms with Crippen molar-refractivity contribution in [3.05, 3.63) is 76.9 Å². The van der Waals surface area contributed by atoms with Crippen molar-refractivity contribution in [1.82, 2.24) is 29.9 Å². The zero-order valence-electron chi connectivity index (χ0n) is 18.9. The summed E-state index contributed by atoms with van der Waals surface area (Å²) in [5.41, 5.74) is -0.394. The molecule has 0 bridgehead atoms. The second-order valence-electron chi connectivity index (χ2n) is 8.42. The molecule has 1 fully saturated rings. The van der Waals surface area contributed by atoms with Gasteiger partial charge in [0.15, 0.2) is 0 Å². The minimum absolute atomic E-state index is 0.0193. The van der Waals surface area contributed by atoms with Gasteiger partial charge in [0, 0.05) is 6.54 Å². The number of carbonyl (C=O) groups excluding carboxylic acids is 1. The number of ether oxygens (including phenoxy) is 1. The molecule has 1 N–H and O–H groups in total. The highest BCUT2D eigenvalue weighted by Crippen LogP contribution is 2.39. The molecule has 2 aromatic carbocycles. The summed E-state index contributed by atoms with van der Waals surface area (Å²) in [6, 6.07) is 4.22. The lowest BCUT2D eigenvalue weighted by molar-refractivity contribution is -0.274. The smallest absolute Gasteiger partial charge is 0.406 e. The molecule has 0 radical (unpaired) electrons. The normalized spacial score (nSPS) is 16.4. The molecular weight excluding hydrogens is 542 g/mol. The van der Waals surface area contributed by atoms with Gasteiger partial charge in [-0.2, -0.15) is 28.2 Å². The highest BCUT2D eigenvalue weighted by Gasteiger charge is 2.38. The Balaban J connectivity index is 1.56. The Morgan fingerprint density at radius 3 is 2.47 bits per heavy atom. The Morgan fingerprint density at radius 1 is 1.11 bits per heavy atom. The van der Waals surface area contributed by atoms with Crippen LogP contribution in [-0.2, 0) is 6.18 Å². The fraction of sp³-hybridized carbons (Fsp3) is 0.217. The van der Waals surface area contributed by atoms with E-state index < -0.39 is 40.8 Å². The summed E-state index contributed by atoms with van der Waals surface area (Å²) in [4.78, 5) is 23.2. The van der Waals surface area contributed by atoms with Gasteiger partial charge in [-0.15, -0.1) is 13.2 Å². The van der Waals surface area contributed by atoms with E-state index in [1.807, 2.05) is 0 Å². The van der Waals surface area contributed by atoms with Crippen LogP contribution in [0.3, 0.4) is 0 Å². The van der Waals surface area contributed by atoms with Crippen LogP contribution in [-0.4, -0.2) is 48.7 Å². The van der Waals surface area contributed by atoms with Gasteiger partial charge in [0.25, 0.3) is 5.91 Å². The number of hydrogen-bond acceptors (Lipinski definition) is 5. The van der Waals surface area contributed by atoms with Crippen molar-refractivity contribution >= 4 is 28.5 Å². The van der Waals surface area contributed by atoms with Gasteiger partial charge in [0.2, 0.25) is 0 Å². The third-order valence-electron chi connectivity index (χ3n) is 5.79. The number of halogens is 7. The largest absolute Gasteiger partial charge is 0.573 e. The first kappa shape index (κ1) is 25.6. The molecule has 8 nitrogen and oxygen atoms in total. The quantitative estimate of drug-likeness (QED) is 0.251. The molecule has 1 atom stereocenters. The predicted molar refractivity (Wildman–Crippen MR) is 122 cm³/mol. The average molecular weight is 557 g/mol. The van der Waals surface area contributed by atoms with Crippen molar-refractivity contribution in [3.8, 4) is 11.4 Å². The highest BCUT2D eigenvalue weighted by atomic mass is 35.5. The molecule has 0 aliphatic carbocycles. The Kier molecular flexibility index (Phi) is 6.09. The molecule has 5 rings (SSSR count). The number of hydrogen-bond donors (Lipinski definition) is 1. The number of aromatic nitrogens is 5. The molecule has 1 aliphatic rings. The van der Waals surface area contributed by atoms with Gasteiger partial charge in [-0.25, -0.2) is 4.98 Å². The number of likely N-dealkylation sites (tertiary alicyclic amines) is 1. The van der Waals surface area contributed by atoms with Crippen LogP contribution in [0.5, 0.6) is 5.75 Å². The minimum Gasteiger partial charge on any atom is -0.406 e. The number of H-pyrrole nitrogens is 1. The van der Waals surface area contributed by atoms with E-state index >= 15 is 0 Å². The molecule has 3 heterocycles. The van der Waals surface area contributed by atoms with Crippen LogP contribution >= 0.6 is 11.6 Å². The fourth-order valence-corrected chi connectivity index (χ4v) is 4.50. The molecule has 15 heteroatoms. The maximum Gasteiger partial charge on any atom is 0.573 e. The Labute approximate surface area is 214 Å². The monoisotopic (exact) mass is 556 g/mol. The van der Waals surface area contributed by atoms with Gasteiger partial charge in [0.1, 0.15) is 11.6 Å². The van der Waals surface area contributed by atoms with Gasteiger partial charge in [-0.3, -0.25) is 4.79 Å². The predicted octanol–water partition coefficient (Wildman–Crippen LogP) is 5.86. The highest BCUT2D eigenvalue weighted by molar-refractivity contribution is 6.32. The fourth-order valence-electron chi connectivity index (χ4n) is 4.24. The number of nitrogens with one attached hydrogen (secondary N) is 1. The molecule has 0 saturated carbocycles. The van der Waals surface area contributed by atoms with Crippen molar-refractivity contribution in [2.24, 2.45) is 0 Å². The van der Waals surface area contributed by atoms with Crippen molar-refractivity contribution in [2.45, 2.75) is 25.0 Å². The first-order valence-corrected chi connectivity index (χ1v) is 11.2. The summed E-state index contributed by atoms with van der Waals surface area (Å²) >= 11 is 5.81. The second kappa shape index (κ2) is 9.04. The van der Waals surface area contributed by atoms with Gasteiger partial charge in [0.05, 0.1) is 51.3 Å². The first-order chi connectivity index (χ1) is 17.8. The van der Waals surface area contributed by atoms with Crippen molar-refractivity contribution in [1.29, 1.82) is 0 Å². The number of nitrogens with zero attached hydrogens (tertiary/aromatic N) is 5. The molecule has 1 unspecified atom stereocenters. The van der Waals surface area contributed by atoms with Crippen molar-refractivity contribution in [2.75, 3.05) is 6.54 Å². The maximum absolute atomic E-state index is 13.7. The first-order valence-electron chi connectivity index (χ1n) is 10.8. The lowest BCUT2D eigenvalue weighted by Crippen LogP contribution is -2.32. The lowest BCUT2D eigenvalue weighted by Gasteiger charge is -2.24. The third kappa shape index (κ3) is 4.90. The molecule has 1 saturated heterocycles. The third-order valence-corrected chi connectivity index (χ3v) is 6.10. The number of fused-ring (bicyclic) bond motifs is 1. The van der Waals surface area contributed by atoms with E-state index in [2.05, 4.69) is 31.5 Å². The van der Waals surface area contributed by atoms with Crippen LogP contribution in [0.15, 0.2) is 54.9 Å². The molecule has 1 aliphatic heterocycles. The molecular formula is C23H15ClF6N6O2. The van der Waals surface area contributed by atoms with Gasteiger partial charge < -0.3 is 14.6 Å². The summed E-state index contributed by atoms with van der Waals surface area (Å²) in [7, 11) is 0. The number of carbonyl (C=O) groups is 1. The van der Waals surface area contributed by atoms with E-state index in [4.69, 9.17) is 11.6 Å². The number of alkyl halides is 6. The SMILES string of the molecule is C=C1CC(c2nc3cc(Cl)c(C(F)(F)F)cc3[nH]2)N(C(=O)c2cc(OC(F)(F)F)ccc2-n2nccn2)C1. The number of benzene rings is 2. The summed E-state index contributed by atoms with van der Waals surface area (Å²) < 4.78 is 82.5. The lowest BCUT2D eigenvalue weighted by atomic mass is 10.1. The summed E-state index contributed by atoms with van der Waals surface area (Å²) in [5.74, 6) is -1.20. The number of aromatic amines is 1. The molecule has 38 heavy (non-hydrogen) atoms. The molecule has 198 valence electrons. The number of amides is 1. The van der Waals surface area contributed by atoms with E-state index in [9.17, 15) is 31.1 Å². The summed E-state index contributed by atoms with van der Waals surface area (Å²) in [5, 5.41) is 7.36. The van der Waals surface area contributed by atoms with E-state index in [-0.39, 0.29) is 41.1 Å². The molecule has 4 aromatic rings. The molecule has 0 spiro atoms. The van der Waals surface area contributed by atoms with Gasteiger partial charge in [-0.1, -0.05) is 23.8 Å². The van der Waals surface area contributed by atoms with Crippen molar-refractivity contribution in [3.63, 3.8) is 0 Å². The zero-order chi connectivity index (χ0) is 27.4. The molecule has 1 amide bonds.